The lowest BCUT2D eigenvalue weighted by Gasteiger charge is -2.08. The third kappa shape index (κ3) is 2.66. The minimum Gasteiger partial charge on any atom is -0.322 e. The normalized spacial score (nSPS) is 10.4. The maximum atomic E-state index is 13.5. The molecule has 2 rings (SSSR count). The number of carbonyl (C=O) groups excluding carboxylic acids is 1. The van der Waals surface area contributed by atoms with Crippen molar-refractivity contribution in [3.63, 3.8) is 0 Å². The van der Waals surface area contributed by atoms with Gasteiger partial charge in [-0.15, -0.1) is 0 Å². The van der Waals surface area contributed by atoms with Crippen LogP contribution in [-0.2, 0) is 0 Å². The van der Waals surface area contributed by atoms with E-state index in [-0.39, 0.29) is 0 Å². The zero-order chi connectivity index (χ0) is 14.9. The van der Waals surface area contributed by atoms with E-state index >= 15 is 0 Å². The average Bonchev–Trinajstić information content (AvgIpc) is 2.40. The molecule has 20 heavy (non-hydrogen) atoms. The molecule has 0 fully saturated rings. The van der Waals surface area contributed by atoms with Crippen LogP contribution in [0.2, 0.25) is 0 Å². The van der Waals surface area contributed by atoms with Crippen molar-refractivity contribution in [2.45, 2.75) is 13.8 Å². The molecule has 0 aromatic heterocycles. The lowest BCUT2D eigenvalue weighted by atomic mass is 10.1. The molecule has 2 aromatic carbocycles. The van der Waals surface area contributed by atoms with E-state index in [4.69, 9.17) is 0 Å². The van der Waals surface area contributed by atoms with Crippen molar-refractivity contribution in [1.82, 2.24) is 0 Å². The van der Waals surface area contributed by atoms with Crippen LogP contribution < -0.4 is 5.32 Å². The number of hydrogen-bond donors (Lipinski definition) is 1. The Morgan fingerprint density at radius 3 is 2.30 bits per heavy atom. The molecule has 1 N–H and O–H groups in total. The summed E-state index contributed by atoms with van der Waals surface area (Å²) in [6, 6.07) is 6.79. The van der Waals surface area contributed by atoms with Gasteiger partial charge in [-0.25, -0.2) is 13.2 Å². The number of halogens is 3. The molecule has 0 aliphatic heterocycles. The molecule has 0 heterocycles. The van der Waals surface area contributed by atoms with Crippen LogP contribution in [0.25, 0.3) is 0 Å². The number of hydrogen-bond acceptors (Lipinski definition) is 1. The van der Waals surface area contributed by atoms with Gasteiger partial charge in [-0.05, 0) is 49.2 Å². The second-order valence-electron chi connectivity index (χ2n) is 4.48. The average molecular weight is 279 g/mol. The van der Waals surface area contributed by atoms with Crippen molar-refractivity contribution in [2.75, 3.05) is 5.32 Å². The van der Waals surface area contributed by atoms with Gasteiger partial charge >= 0.3 is 0 Å². The van der Waals surface area contributed by atoms with Crippen molar-refractivity contribution < 1.29 is 18.0 Å². The minimum absolute atomic E-state index is 0.460. The molecular formula is C15H12F3NO. The number of anilines is 1. The molecule has 0 unspecified atom stereocenters. The fourth-order valence-electron chi connectivity index (χ4n) is 1.72. The van der Waals surface area contributed by atoms with E-state index in [0.717, 1.165) is 17.2 Å². The fourth-order valence-corrected chi connectivity index (χ4v) is 1.72. The highest BCUT2D eigenvalue weighted by atomic mass is 19.2. The third-order valence-corrected chi connectivity index (χ3v) is 3.04. The zero-order valence-electron chi connectivity index (χ0n) is 10.9. The van der Waals surface area contributed by atoms with Gasteiger partial charge in [0, 0.05) is 5.69 Å². The third-order valence-electron chi connectivity index (χ3n) is 3.04. The molecule has 0 aliphatic rings. The number of rotatable bonds is 2. The highest BCUT2D eigenvalue weighted by Gasteiger charge is 2.18. The van der Waals surface area contributed by atoms with Gasteiger partial charge in [0.25, 0.3) is 5.91 Å². The monoisotopic (exact) mass is 279 g/mol. The molecule has 0 saturated carbocycles. The number of amides is 1. The highest BCUT2D eigenvalue weighted by molar-refractivity contribution is 6.04. The lowest BCUT2D eigenvalue weighted by Crippen LogP contribution is -2.15. The number of benzene rings is 2. The fraction of sp³-hybridized carbons (Fsp3) is 0.133. The first-order valence-electron chi connectivity index (χ1n) is 5.92. The molecule has 0 bridgehead atoms. The van der Waals surface area contributed by atoms with Gasteiger partial charge in [-0.2, -0.15) is 0 Å². The second kappa shape index (κ2) is 5.36. The Morgan fingerprint density at radius 1 is 0.950 bits per heavy atom. The summed E-state index contributed by atoms with van der Waals surface area (Å²) in [5.41, 5.74) is 1.92. The molecule has 0 spiro atoms. The summed E-state index contributed by atoms with van der Waals surface area (Å²) in [6.07, 6.45) is 0. The summed E-state index contributed by atoms with van der Waals surface area (Å²) < 4.78 is 39.4. The van der Waals surface area contributed by atoms with Crippen molar-refractivity contribution in [3.8, 4) is 0 Å². The molecule has 5 heteroatoms. The molecule has 2 nitrogen and oxygen atoms in total. The van der Waals surface area contributed by atoms with E-state index in [1.54, 1.807) is 18.2 Å². The van der Waals surface area contributed by atoms with E-state index in [2.05, 4.69) is 5.32 Å². The van der Waals surface area contributed by atoms with Crippen molar-refractivity contribution in [3.05, 3.63) is 64.5 Å². The van der Waals surface area contributed by atoms with Crippen LogP contribution in [0.3, 0.4) is 0 Å². The van der Waals surface area contributed by atoms with Crippen molar-refractivity contribution in [2.24, 2.45) is 0 Å². The van der Waals surface area contributed by atoms with Crippen LogP contribution in [0, 0.1) is 31.3 Å². The summed E-state index contributed by atoms with van der Waals surface area (Å²) in [6.45, 7) is 3.78. The molecule has 1 amide bonds. The quantitative estimate of drug-likeness (QED) is 0.828. The van der Waals surface area contributed by atoms with Crippen molar-refractivity contribution >= 4 is 11.6 Å². The molecule has 104 valence electrons. The summed E-state index contributed by atoms with van der Waals surface area (Å²) in [7, 11) is 0. The Kier molecular flexibility index (Phi) is 3.79. The Balaban J connectivity index is 2.28. The van der Waals surface area contributed by atoms with E-state index in [9.17, 15) is 18.0 Å². The standard InChI is InChI=1S/C15H12F3NO/c1-8-3-4-10(7-9(8)2)19-15(20)11-5-6-12(16)14(18)13(11)17/h3-7H,1-2H3,(H,19,20). The number of aryl methyl sites for hydroxylation is 2. The van der Waals surface area contributed by atoms with Gasteiger partial charge in [0.15, 0.2) is 17.5 Å². The summed E-state index contributed by atoms with van der Waals surface area (Å²) in [5, 5.41) is 2.45. The van der Waals surface area contributed by atoms with Crippen molar-refractivity contribution in [1.29, 1.82) is 0 Å². The SMILES string of the molecule is Cc1ccc(NC(=O)c2ccc(F)c(F)c2F)cc1C. The molecular weight excluding hydrogens is 267 g/mol. The summed E-state index contributed by atoms with van der Waals surface area (Å²) in [5.74, 6) is -5.31. The Hall–Kier alpha value is -2.30. The van der Waals surface area contributed by atoms with Crippen LogP contribution in [0.5, 0.6) is 0 Å². The topological polar surface area (TPSA) is 29.1 Å². The van der Waals surface area contributed by atoms with Gasteiger partial charge < -0.3 is 5.32 Å². The Bertz CT molecular complexity index is 683. The van der Waals surface area contributed by atoms with Gasteiger partial charge in [0.1, 0.15) is 0 Å². The number of nitrogens with one attached hydrogen (secondary N) is 1. The van der Waals surface area contributed by atoms with Crippen LogP contribution in [0.4, 0.5) is 18.9 Å². The molecule has 2 aromatic rings. The minimum atomic E-state index is -1.65. The second-order valence-corrected chi connectivity index (χ2v) is 4.48. The first-order chi connectivity index (χ1) is 9.40. The smallest absolute Gasteiger partial charge is 0.258 e. The van der Waals surface area contributed by atoms with Gasteiger partial charge in [-0.1, -0.05) is 6.07 Å². The molecule has 0 saturated heterocycles. The predicted molar refractivity (Wildman–Crippen MR) is 70.2 cm³/mol. The molecule has 0 aliphatic carbocycles. The maximum Gasteiger partial charge on any atom is 0.258 e. The summed E-state index contributed by atoms with van der Waals surface area (Å²) in [4.78, 5) is 11.9. The lowest BCUT2D eigenvalue weighted by molar-refractivity contribution is 0.102. The van der Waals surface area contributed by atoms with E-state index in [1.165, 1.54) is 0 Å². The van der Waals surface area contributed by atoms with Crippen LogP contribution in [-0.4, -0.2) is 5.91 Å². The Labute approximate surface area is 114 Å². The number of carbonyl (C=O) groups is 1. The Morgan fingerprint density at radius 2 is 1.65 bits per heavy atom. The zero-order valence-corrected chi connectivity index (χ0v) is 10.9. The predicted octanol–water partition coefficient (Wildman–Crippen LogP) is 3.97. The molecule has 0 atom stereocenters. The largest absolute Gasteiger partial charge is 0.322 e. The summed E-state index contributed by atoms with van der Waals surface area (Å²) >= 11 is 0. The van der Waals surface area contributed by atoms with Crippen LogP contribution >= 0.6 is 0 Å². The van der Waals surface area contributed by atoms with Crippen LogP contribution in [0.15, 0.2) is 30.3 Å². The first kappa shape index (κ1) is 14.1. The van der Waals surface area contributed by atoms with E-state index < -0.39 is 28.9 Å². The van der Waals surface area contributed by atoms with Gasteiger partial charge in [0.2, 0.25) is 0 Å². The van der Waals surface area contributed by atoms with Gasteiger partial charge in [-0.3, -0.25) is 4.79 Å². The van der Waals surface area contributed by atoms with E-state index in [1.807, 2.05) is 13.8 Å². The maximum absolute atomic E-state index is 13.5. The first-order valence-corrected chi connectivity index (χ1v) is 5.92. The van der Waals surface area contributed by atoms with Gasteiger partial charge in [0.05, 0.1) is 5.56 Å². The molecule has 0 radical (unpaired) electrons. The highest BCUT2D eigenvalue weighted by Crippen LogP contribution is 2.18. The van der Waals surface area contributed by atoms with E-state index in [0.29, 0.717) is 11.8 Å². The van der Waals surface area contributed by atoms with Crippen LogP contribution in [0.1, 0.15) is 21.5 Å².